The van der Waals surface area contributed by atoms with Crippen molar-refractivity contribution in [2.75, 3.05) is 50.7 Å². The van der Waals surface area contributed by atoms with Crippen LogP contribution < -0.4 is 4.90 Å². The quantitative estimate of drug-likeness (QED) is 0.644. The second-order valence-corrected chi connectivity index (χ2v) is 8.41. The van der Waals surface area contributed by atoms with Crippen molar-refractivity contribution in [2.45, 2.75) is 18.8 Å². The van der Waals surface area contributed by atoms with Gasteiger partial charge in [-0.1, -0.05) is 12.1 Å². The summed E-state index contributed by atoms with van der Waals surface area (Å²) < 4.78 is 19.1. The third kappa shape index (κ3) is 4.42. The molecule has 2 aliphatic rings. The van der Waals surface area contributed by atoms with E-state index in [0.717, 1.165) is 61.7 Å². The van der Waals surface area contributed by atoms with Crippen LogP contribution in [0.1, 0.15) is 24.7 Å². The van der Waals surface area contributed by atoms with Gasteiger partial charge in [0.2, 0.25) is 5.91 Å². The number of oxazole rings is 1. The summed E-state index contributed by atoms with van der Waals surface area (Å²) in [5.74, 6) is 1.11. The van der Waals surface area contributed by atoms with Crippen molar-refractivity contribution in [2.24, 2.45) is 0 Å². The Hall–Kier alpha value is -2.93. The van der Waals surface area contributed by atoms with Gasteiger partial charge in [0.05, 0.1) is 6.54 Å². The zero-order chi connectivity index (χ0) is 21.2. The van der Waals surface area contributed by atoms with Gasteiger partial charge in [-0.15, -0.1) is 0 Å². The van der Waals surface area contributed by atoms with E-state index in [0.29, 0.717) is 25.6 Å². The number of halogens is 1. The molecule has 2 saturated heterocycles. The molecule has 3 aromatic rings. The second-order valence-electron chi connectivity index (χ2n) is 8.41. The van der Waals surface area contributed by atoms with Gasteiger partial charge in [-0.25, -0.2) is 9.37 Å². The molecular weight excluding hydrogens is 395 g/mol. The number of hydrogen-bond acceptors (Lipinski definition) is 5. The molecule has 2 fully saturated rings. The Labute approximate surface area is 181 Å². The van der Waals surface area contributed by atoms with Gasteiger partial charge in [0.15, 0.2) is 11.5 Å². The lowest BCUT2D eigenvalue weighted by Gasteiger charge is -2.37. The highest BCUT2D eigenvalue weighted by Crippen LogP contribution is 2.30. The monoisotopic (exact) mass is 422 g/mol. The number of para-hydroxylation sites is 2. The summed E-state index contributed by atoms with van der Waals surface area (Å²) in [5.41, 5.74) is 2.76. The standard InChI is InChI=1S/C24H27FN4O2/c25-19-5-7-20(8-6-19)28-13-15-29(16-14-28)23(30)17-27-11-9-18(10-12-27)24-26-21-3-1-2-4-22(21)31-24/h1-8,18H,9-17H2. The molecule has 0 atom stereocenters. The number of amides is 1. The molecule has 0 saturated carbocycles. The summed E-state index contributed by atoms with van der Waals surface area (Å²) in [4.78, 5) is 23.9. The first kappa shape index (κ1) is 20.0. The minimum Gasteiger partial charge on any atom is -0.440 e. The smallest absolute Gasteiger partial charge is 0.236 e. The second kappa shape index (κ2) is 8.67. The fourth-order valence-corrected chi connectivity index (χ4v) is 4.56. The number of rotatable bonds is 4. The SMILES string of the molecule is O=C(CN1CCC(c2nc3ccccc3o2)CC1)N1CCN(c2ccc(F)cc2)CC1. The van der Waals surface area contributed by atoms with Gasteiger partial charge in [0.1, 0.15) is 11.3 Å². The molecule has 0 aliphatic carbocycles. The van der Waals surface area contributed by atoms with Crippen molar-refractivity contribution in [1.29, 1.82) is 0 Å². The zero-order valence-electron chi connectivity index (χ0n) is 17.5. The number of hydrogen-bond donors (Lipinski definition) is 0. The molecule has 0 unspecified atom stereocenters. The topological polar surface area (TPSA) is 52.8 Å². The maximum Gasteiger partial charge on any atom is 0.236 e. The predicted octanol–water partition coefficient (Wildman–Crippen LogP) is 3.50. The van der Waals surface area contributed by atoms with Crippen LogP contribution in [0.5, 0.6) is 0 Å². The maximum atomic E-state index is 13.1. The van der Waals surface area contributed by atoms with Crippen LogP contribution in [0.4, 0.5) is 10.1 Å². The van der Waals surface area contributed by atoms with Crippen LogP contribution in [0.3, 0.4) is 0 Å². The highest BCUT2D eigenvalue weighted by molar-refractivity contribution is 5.78. The molecule has 3 heterocycles. The van der Waals surface area contributed by atoms with Crippen LogP contribution in [0, 0.1) is 5.82 Å². The minimum absolute atomic E-state index is 0.194. The average Bonchev–Trinajstić information content (AvgIpc) is 3.24. The van der Waals surface area contributed by atoms with Crippen LogP contribution in [0.2, 0.25) is 0 Å². The predicted molar refractivity (Wildman–Crippen MR) is 118 cm³/mol. The molecule has 6 nitrogen and oxygen atoms in total. The Morgan fingerprint density at radius 1 is 0.968 bits per heavy atom. The third-order valence-corrected chi connectivity index (χ3v) is 6.43. The molecule has 31 heavy (non-hydrogen) atoms. The van der Waals surface area contributed by atoms with Crippen molar-refractivity contribution in [1.82, 2.24) is 14.8 Å². The lowest BCUT2D eigenvalue weighted by Crippen LogP contribution is -2.51. The molecule has 5 rings (SSSR count). The first-order valence-corrected chi connectivity index (χ1v) is 11.0. The van der Waals surface area contributed by atoms with E-state index in [1.54, 1.807) is 12.1 Å². The summed E-state index contributed by atoms with van der Waals surface area (Å²) >= 11 is 0. The summed E-state index contributed by atoms with van der Waals surface area (Å²) in [6, 6.07) is 14.4. The number of fused-ring (bicyclic) bond motifs is 1. The molecule has 0 N–H and O–H groups in total. The van der Waals surface area contributed by atoms with E-state index in [4.69, 9.17) is 4.42 Å². The first-order valence-electron chi connectivity index (χ1n) is 11.0. The number of carbonyl (C=O) groups is 1. The molecule has 0 bridgehead atoms. The Kier molecular flexibility index (Phi) is 5.59. The number of piperazine rings is 1. The molecule has 7 heteroatoms. The highest BCUT2D eigenvalue weighted by Gasteiger charge is 2.28. The van der Waals surface area contributed by atoms with Crippen molar-refractivity contribution >= 4 is 22.7 Å². The van der Waals surface area contributed by atoms with Gasteiger partial charge in [-0.05, 0) is 62.3 Å². The molecular formula is C24H27FN4O2. The maximum absolute atomic E-state index is 13.1. The number of carbonyl (C=O) groups excluding carboxylic acids is 1. The van der Waals surface area contributed by atoms with E-state index in [1.165, 1.54) is 12.1 Å². The number of likely N-dealkylation sites (tertiary alicyclic amines) is 1. The Morgan fingerprint density at radius 3 is 2.39 bits per heavy atom. The number of anilines is 1. The normalized spacial score (nSPS) is 18.6. The number of piperidine rings is 1. The summed E-state index contributed by atoms with van der Waals surface area (Å²) in [6.07, 6.45) is 1.91. The van der Waals surface area contributed by atoms with Gasteiger partial charge >= 0.3 is 0 Å². The van der Waals surface area contributed by atoms with Gasteiger partial charge in [0, 0.05) is 37.8 Å². The van der Waals surface area contributed by atoms with E-state index in [1.807, 2.05) is 29.2 Å². The van der Waals surface area contributed by atoms with Crippen LogP contribution in [0.25, 0.3) is 11.1 Å². The lowest BCUT2D eigenvalue weighted by atomic mass is 9.97. The Bertz CT molecular complexity index is 1000. The third-order valence-electron chi connectivity index (χ3n) is 6.43. The molecule has 0 spiro atoms. The van der Waals surface area contributed by atoms with E-state index < -0.39 is 0 Å². The summed E-state index contributed by atoms with van der Waals surface area (Å²) in [6.45, 7) is 5.19. The molecule has 1 aromatic heterocycles. The van der Waals surface area contributed by atoms with Crippen molar-refractivity contribution in [3.05, 3.63) is 60.2 Å². The highest BCUT2D eigenvalue weighted by atomic mass is 19.1. The number of benzene rings is 2. The van der Waals surface area contributed by atoms with E-state index in [2.05, 4.69) is 14.8 Å². The summed E-state index contributed by atoms with van der Waals surface area (Å²) in [7, 11) is 0. The van der Waals surface area contributed by atoms with Gasteiger partial charge in [-0.3, -0.25) is 9.69 Å². The van der Waals surface area contributed by atoms with Crippen molar-refractivity contribution in [3.63, 3.8) is 0 Å². The Balaban J connectivity index is 1.10. The van der Waals surface area contributed by atoms with Crippen LogP contribution in [0.15, 0.2) is 52.9 Å². The van der Waals surface area contributed by atoms with Gasteiger partial charge in [-0.2, -0.15) is 0 Å². The van der Waals surface area contributed by atoms with Crippen LogP contribution in [-0.4, -0.2) is 66.5 Å². The van der Waals surface area contributed by atoms with E-state index >= 15 is 0 Å². The number of nitrogens with zero attached hydrogens (tertiary/aromatic N) is 4. The van der Waals surface area contributed by atoms with E-state index in [9.17, 15) is 9.18 Å². The first-order chi connectivity index (χ1) is 15.2. The van der Waals surface area contributed by atoms with Gasteiger partial charge in [0.25, 0.3) is 0 Å². The molecule has 1 amide bonds. The molecule has 2 aromatic carbocycles. The Morgan fingerprint density at radius 2 is 1.68 bits per heavy atom. The van der Waals surface area contributed by atoms with Crippen molar-refractivity contribution in [3.8, 4) is 0 Å². The molecule has 162 valence electrons. The molecule has 2 aliphatic heterocycles. The minimum atomic E-state index is -0.225. The average molecular weight is 423 g/mol. The van der Waals surface area contributed by atoms with Gasteiger partial charge < -0.3 is 14.2 Å². The number of aromatic nitrogens is 1. The van der Waals surface area contributed by atoms with E-state index in [-0.39, 0.29) is 11.7 Å². The van der Waals surface area contributed by atoms with Crippen molar-refractivity contribution < 1.29 is 13.6 Å². The summed E-state index contributed by atoms with van der Waals surface area (Å²) in [5, 5.41) is 0. The zero-order valence-corrected chi connectivity index (χ0v) is 17.5. The fraction of sp³-hybridized carbons (Fsp3) is 0.417. The van der Waals surface area contributed by atoms with Crippen LogP contribution >= 0.6 is 0 Å². The van der Waals surface area contributed by atoms with Crippen LogP contribution in [-0.2, 0) is 4.79 Å². The molecule has 0 radical (unpaired) electrons. The fourth-order valence-electron chi connectivity index (χ4n) is 4.56. The lowest BCUT2D eigenvalue weighted by molar-refractivity contribution is -0.133. The largest absolute Gasteiger partial charge is 0.440 e.